The van der Waals surface area contributed by atoms with Crippen LogP contribution in [0, 0.1) is 0 Å². The maximum Gasteiger partial charge on any atom is 0.221 e. The molecule has 0 saturated carbocycles. The summed E-state index contributed by atoms with van der Waals surface area (Å²) in [6.07, 6.45) is 0. The second-order valence-electron chi connectivity index (χ2n) is 4.09. The number of hydrogen-bond donors (Lipinski definition) is 3. The van der Waals surface area contributed by atoms with Gasteiger partial charge >= 0.3 is 0 Å². The van der Waals surface area contributed by atoms with Gasteiger partial charge in [-0.2, -0.15) is 5.10 Å². The number of nitrogens with one attached hydrogen (secondary N) is 2. The van der Waals surface area contributed by atoms with Gasteiger partial charge in [-0.15, -0.1) is 0 Å². The number of nitrogens with two attached hydrogens (primary N) is 1. The summed E-state index contributed by atoms with van der Waals surface area (Å²) in [5, 5.41) is 9.59. The van der Waals surface area contributed by atoms with Crippen molar-refractivity contribution in [2.24, 2.45) is 5.73 Å². The lowest BCUT2D eigenvalue weighted by molar-refractivity contribution is -0.114. The van der Waals surface area contributed by atoms with Crippen LogP contribution in [0.3, 0.4) is 0 Å². The van der Waals surface area contributed by atoms with Gasteiger partial charge in [0.2, 0.25) is 5.91 Å². The van der Waals surface area contributed by atoms with Crippen LogP contribution in [0.1, 0.15) is 25.7 Å². The van der Waals surface area contributed by atoms with E-state index < -0.39 is 0 Å². The molecule has 1 aromatic carbocycles. The lowest BCUT2D eigenvalue weighted by Crippen LogP contribution is -2.06. The lowest BCUT2D eigenvalue weighted by Gasteiger charge is -2.02. The van der Waals surface area contributed by atoms with E-state index in [0.717, 1.165) is 11.3 Å². The second kappa shape index (κ2) is 4.97. The van der Waals surface area contributed by atoms with Gasteiger partial charge in [0.05, 0.1) is 6.04 Å². The first-order chi connectivity index (χ1) is 8.56. The molecule has 94 valence electrons. The van der Waals surface area contributed by atoms with E-state index in [1.54, 1.807) is 12.1 Å². The quantitative estimate of drug-likeness (QED) is 0.762. The molecule has 6 nitrogen and oxygen atoms in total. The summed E-state index contributed by atoms with van der Waals surface area (Å²) in [4.78, 5) is 15.2. The van der Waals surface area contributed by atoms with Crippen molar-refractivity contribution in [3.63, 3.8) is 0 Å². The molecular formula is C12H15N5O. The van der Waals surface area contributed by atoms with Crippen LogP contribution in [0.4, 0.5) is 5.69 Å². The largest absolute Gasteiger partial charge is 0.326 e. The van der Waals surface area contributed by atoms with Gasteiger partial charge in [0, 0.05) is 18.2 Å². The molecule has 0 aliphatic carbocycles. The number of rotatable bonds is 3. The van der Waals surface area contributed by atoms with Crippen molar-refractivity contribution >= 4 is 11.6 Å². The Balaban J connectivity index is 2.20. The topological polar surface area (TPSA) is 96.7 Å². The Morgan fingerprint density at radius 3 is 2.56 bits per heavy atom. The van der Waals surface area contributed by atoms with Gasteiger partial charge in [0.15, 0.2) is 5.82 Å². The fourth-order valence-corrected chi connectivity index (χ4v) is 1.51. The van der Waals surface area contributed by atoms with Crippen LogP contribution < -0.4 is 11.1 Å². The second-order valence-corrected chi connectivity index (χ2v) is 4.09. The number of benzene rings is 1. The fourth-order valence-electron chi connectivity index (χ4n) is 1.51. The summed E-state index contributed by atoms with van der Waals surface area (Å²) in [6, 6.07) is 7.13. The third kappa shape index (κ3) is 2.72. The lowest BCUT2D eigenvalue weighted by atomic mass is 10.2. The number of hydrogen-bond acceptors (Lipinski definition) is 4. The van der Waals surface area contributed by atoms with Gasteiger partial charge in [0.25, 0.3) is 0 Å². The molecule has 1 amide bonds. The first kappa shape index (κ1) is 12.3. The molecule has 2 aromatic rings. The van der Waals surface area contributed by atoms with Crippen LogP contribution in [0.5, 0.6) is 0 Å². The Morgan fingerprint density at radius 2 is 2.06 bits per heavy atom. The SMILES string of the molecule is CC(=O)Nc1ccc(-c2n[nH]c(C(C)N)n2)cc1. The number of amides is 1. The Hall–Kier alpha value is -2.21. The minimum atomic E-state index is -0.176. The first-order valence-corrected chi connectivity index (χ1v) is 5.62. The van der Waals surface area contributed by atoms with Crippen molar-refractivity contribution in [2.75, 3.05) is 5.32 Å². The predicted octanol–water partition coefficient (Wildman–Crippen LogP) is 1.45. The highest BCUT2D eigenvalue weighted by Gasteiger charge is 2.08. The number of nitrogens with zero attached hydrogens (tertiary/aromatic N) is 2. The van der Waals surface area contributed by atoms with Crippen molar-refractivity contribution in [1.29, 1.82) is 0 Å². The molecule has 0 bridgehead atoms. The number of H-pyrrole nitrogens is 1. The molecule has 4 N–H and O–H groups in total. The molecule has 18 heavy (non-hydrogen) atoms. The summed E-state index contributed by atoms with van der Waals surface area (Å²) < 4.78 is 0. The highest BCUT2D eigenvalue weighted by atomic mass is 16.1. The third-order valence-corrected chi connectivity index (χ3v) is 2.40. The zero-order valence-electron chi connectivity index (χ0n) is 10.3. The summed E-state index contributed by atoms with van der Waals surface area (Å²) in [7, 11) is 0. The summed E-state index contributed by atoms with van der Waals surface area (Å²) in [5.41, 5.74) is 7.32. The van der Waals surface area contributed by atoms with Crippen LogP contribution in [0.15, 0.2) is 24.3 Å². The van der Waals surface area contributed by atoms with Crippen molar-refractivity contribution in [3.05, 3.63) is 30.1 Å². The van der Waals surface area contributed by atoms with Crippen molar-refractivity contribution < 1.29 is 4.79 Å². The van der Waals surface area contributed by atoms with Gasteiger partial charge in [-0.25, -0.2) is 4.98 Å². The van der Waals surface area contributed by atoms with Crippen LogP contribution in [-0.2, 0) is 4.79 Å². The van der Waals surface area contributed by atoms with E-state index in [1.807, 2.05) is 19.1 Å². The van der Waals surface area contributed by atoms with Gasteiger partial charge < -0.3 is 11.1 Å². The zero-order valence-corrected chi connectivity index (χ0v) is 10.3. The standard InChI is InChI=1S/C12H15N5O/c1-7(13)11-15-12(17-16-11)9-3-5-10(6-4-9)14-8(2)18/h3-7H,13H2,1-2H3,(H,14,18)(H,15,16,17). The highest BCUT2D eigenvalue weighted by molar-refractivity contribution is 5.88. The smallest absolute Gasteiger partial charge is 0.221 e. The van der Waals surface area contributed by atoms with E-state index in [0.29, 0.717) is 11.6 Å². The number of carbonyl (C=O) groups excluding carboxylic acids is 1. The molecule has 0 saturated heterocycles. The predicted molar refractivity (Wildman–Crippen MR) is 68.7 cm³/mol. The Kier molecular flexibility index (Phi) is 3.38. The highest BCUT2D eigenvalue weighted by Crippen LogP contribution is 2.18. The molecule has 1 atom stereocenters. The molecule has 1 heterocycles. The molecule has 6 heteroatoms. The molecule has 1 unspecified atom stereocenters. The summed E-state index contributed by atoms with van der Waals surface area (Å²) in [6.45, 7) is 3.31. The van der Waals surface area contributed by atoms with Crippen molar-refractivity contribution in [2.45, 2.75) is 19.9 Å². The summed E-state index contributed by atoms with van der Waals surface area (Å²) >= 11 is 0. The average Bonchev–Trinajstić information content (AvgIpc) is 2.78. The van der Waals surface area contributed by atoms with Crippen LogP contribution in [0.2, 0.25) is 0 Å². The van der Waals surface area contributed by atoms with Crippen molar-refractivity contribution in [3.8, 4) is 11.4 Å². The number of carbonyl (C=O) groups is 1. The molecule has 2 rings (SSSR count). The van der Waals surface area contributed by atoms with E-state index in [9.17, 15) is 4.79 Å². The van der Waals surface area contributed by atoms with Gasteiger partial charge in [-0.05, 0) is 31.2 Å². The zero-order chi connectivity index (χ0) is 13.1. The normalized spacial score (nSPS) is 12.2. The van der Waals surface area contributed by atoms with Crippen LogP contribution in [0.25, 0.3) is 11.4 Å². The Morgan fingerprint density at radius 1 is 1.39 bits per heavy atom. The van der Waals surface area contributed by atoms with Crippen LogP contribution in [-0.4, -0.2) is 21.1 Å². The first-order valence-electron chi connectivity index (χ1n) is 5.62. The summed E-state index contributed by atoms with van der Waals surface area (Å²) in [5.74, 6) is 1.15. The van der Waals surface area contributed by atoms with E-state index in [1.165, 1.54) is 6.92 Å². The van der Waals surface area contributed by atoms with Gasteiger partial charge in [-0.3, -0.25) is 9.89 Å². The minimum Gasteiger partial charge on any atom is -0.326 e. The van der Waals surface area contributed by atoms with Gasteiger partial charge in [0.1, 0.15) is 5.82 Å². The number of aromatic nitrogens is 3. The van der Waals surface area contributed by atoms with Crippen molar-refractivity contribution in [1.82, 2.24) is 15.2 Å². The maximum absolute atomic E-state index is 10.9. The average molecular weight is 245 g/mol. The molecule has 0 aliphatic rings. The Bertz CT molecular complexity index is 544. The number of aromatic amines is 1. The van der Waals surface area contributed by atoms with E-state index >= 15 is 0 Å². The van der Waals surface area contributed by atoms with E-state index in [2.05, 4.69) is 20.5 Å². The molecule has 0 spiro atoms. The molecule has 1 aromatic heterocycles. The number of anilines is 1. The van der Waals surface area contributed by atoms with E-state index in [4.69, 9.17) is 5.73 Å². The van der Waals surface area contributed by atoms with E-state index in [-0.39, 0.29) is 11.9 Å². The molecule has 0 radical (unpaired) electrons. The van der Waals surface area contributed by atoms with Gasteiger partial charge in [-0.1, -0.05) is 0 Å². The maximum atomic E-state index is 10.9. The molecular weight excluding hydrogens is 230 g/mol. The van der Waals surface area contributed by atoms with Crippen LogP contribution >= 0.6 is 0 Å². The Labute approximate surface area is 105 Å². The third-order valence-electron chi connectivity index (χ3n) is 2.40. The molecule has 0 fully saturated rings. The fraction of sp³-hybridized carbons (Fsp3) is 0.250. The minimum absolute atomic E-state index is 0.0973. The molecule has 0 aliphatic heterocycles. The monoisotopic (exact) mass is 245 g/mol.